The van der Waals surface area contributed by atoms with Crippen LogP contribution in [0.4, 0.5) is 0 Å². The molecule has 2 rings (SSSR count). The van der Waals surface area contributed by atoms with Gasteiger partial charge in [0.25, 0.3) is 0 Å². The summed E-state index contributed by atoms with van der Waals surface area (Å²) in [5.41, 5.74) is 3.77. The minimum absolute atomic E-state index is 0. The van der Waals surface area contributed by atoms with Gasteiger partial charge in [-0.25, -0.2) is 0 Å². The van der Waals surface area contributed by atoms with E-state index in [4.69, 9.17) is 0 Å². The Balaban J connectivity index is 0.0000115. The summed E-state index contributed by atoms with van der Waals surface area (Å²) in [6.07, 6.45) is 40.6. The van der Waals surface area contributed by atoms with Crippen LogP contribution in [0.5, 0.6) is 11.5 Å². The Morgan fingerprint density at radius 3 is 0.854 bits per heavy atom. The van der Waals surface area contributed by atoms with Crippen LogP contribution in [0.1, 0.15) is 216 Å². The first kappa shape index (κ1) is 45.3. The number of rotatable bonds is 32. The molecule has 0 aliphatic carbocycles. The third-order valence-corrected chi connectivity index (χ3v) is 10.3. The normalized spacial score (nSPS) is 11.2. The predicted molar refractivity (Wildman–Crippen MR) is 208 cm³/mol. The van der Waals surface area contributed by atoms with E-state index in [-0.39, 0.29) is 49.2 Å². The second-order valence-corrected chi connectivity index (χ2v) is 14.8. The van der Waals surface area contributed by atoms with Gasteiger partial charge in [-0.3, -0.25) is 0 Å². The first-order valence-corrected chi connectivity index (χ1v) is 20.7. The average Bonchev–Trinajstić information content (AvgIpc) is 3.07. The second kappa shape index (κ2) is 32.2. The summed E-state index contributed by atoms with van der Waals surface area (Å²) < 4.78 is 0. The third kappa shape index (κ3) is 23.7. The molecule has 0 heterocycles. The Bertz CT molecular complexity index is 923. The minimum atomic E-state index is 0. The Kier molecular flexibility index (Phi) is 30.4. The Morgan fingerprint density at radius 2 is 0.604 bits per heavy atom. The largest absolute Gasteiger partial charge is 2.00 e. The molecule has 0 aliphatic rings. The average molecular weight is 687 g/mol. The van der Waals surface area contributed by atoms with E-state index in [1.807, 2.05) is 24.3 Å². The number of aryl methyl sites for hydroxylation is 2. The Labute approximate surface area is 328 Å². The van der Waals surface area contributed by atoms with Gasteiger partial charge in [0.05, 0.1) is 0 Å². The molecular formula is C45H74CaO2. The van der Waals surface area contributed by atoms with Crippen LogP contribution in [-0.4, -0.2) is 37.7 Å². The van der Waals surface area contributed by atoms with Gasteiger partial charge in [-0.2, -0.15) is 0 Å². The number of unbranched alkanes of at least 4 members (excludes halogenated alkanes) is 26. The van der Waals surface area contributed by atoms with Crippen molar-refractivity contribution >= 4 is 37.7 Å². The van der Waals surface area contributed by atoms with Gasteiger partial charge in [-0.15, -0.1) is 11.5 Å². The molecule has 0 saturated carbocycles. The summed E-state index contributed by atoms with van der Waals surface area (Å²) in [7, 11) is 0. The molecule has 0 radical (unpaired) electrons. The van der Waals surface area contributed by atoms with E-state index in [2.05, 4.69) is 26.0 Å². The third-order valence-electron chi connectivity index (χ3n) is 10.3. The summed E-state index contributed by atoms with van der Waals surface area (Å²) in [5.74, 6) is 0.164. The van der Waals surface area contributed by atoms with E-state index in [1.54, 1.807) is 0 Å². The number of benzene rings is 2. The van der Waals surface area contributed by atoms with E-state index >= 15 is 0 Å². The van der Waals surface area contributed by atoms with Crippen LogP contribution in [0.2, 0.25) is 0 Å². The van der Waals surface area contributed by atoms with Crippen molar-refractivity contribution in [2.75, 3.05) is 0 Å². The van der Waals surface area contributed by atoms with E-state index in [9.17, 15) is 10.2 Å². The molecule has 0 aliphatic heterocycles. The molecule has 3 heteroatoms. The smallest absolute Gasteiger partial charge is 0.872 e. The summed E-state index contributed by atoms with van der Waals surface area (Å²) >= 11 is 0. The molecule has 268 valence electrons. The summed E-state index contributed by atoms with van der Waals surface area (Å²) in [5, 5.41) is 25.7. The van der Waals surface area contributed by atoms with Crippen LogP contribution in [-0.2, 0) is 19.3 Å². The molecule has 2 aromatic rings. The number of hydrogen-bond donors (Lipinski definition) is 0. The van der Waals surface area contributed by atoms with Crippen molar-refractivity contribution in [2.45, 2.75) is 213 Å². The van der Waals surface area contributed by atoms with Gasteiger partial charge in [-0.1, -0.05) is 228 Å². The first-order chi connectivity index (χ1) is 23.1. The zero-order valence-electron chi connectivity index (χ0n) is 31.9. The van der Waals surface area contributed by atoms with Crippen molar-refractivity contribution < 1.29 is 10.2 Å². The summed E-state index contributed by atoms with van der Waals surface area (Å²) in [6.45, 7) is 4.57. The fourth-order valence-corrected chi connectivity index (χ4v) is 7.05. The van der Waals surface area contributed by atoms with Gasteiger partial charge in [0.15, 0.2) is 0 Å². The molecule has 0 N–H and O–H groups in total. The van der Waals surface area contributed by atoms with Crippen molar-refractivity contribution in [3.63, 3.8) is 0 Å². The Hall–Kier alpha value is -0.700. The van der Waals surface area contributed by atoms with Crippen molar-refractivity contribution in [2.24, 2.45) is 0 Å². The molecule has 0 amide bonds. The first-order valence-electron chi connectivity index (χ1n) is 20.7. The van der Waals surface area contributed by atoms with Crippen LogP contribution in [0.3, 0.4) is 0 Å². The zero-order chi connectivity index (χ0) is 33.6. The standard InChI is InChI=1S/C45H76O2.Ca/c1-3-5-7-9-11-13-15-17-19-21-23-25-27-29-31-40-33-35-42(44(46)37-40)39-43-36-34-41(38-45(43)47)32-30-28-26-24-22-20-18-16-14-12-10-8-6-4-2;/h33-38,46-47H,3-32,39H2,1-2H3;/q;+2/p-2. The Morgan fingerprint density at radius 1 is 0.354 bits per heavy atom. The number of hydrogen-bond acceptors (Lipinski definition) is 2. The maximum absolute atomic E-state index is 12.8. The van der Waals surface area contributed by atoms with Crippen LogP contribution in [0.15, 0.2) is 36.4 Å². The van der Waals surface area contributed by atoms with Crippen LogP contribution < -0.4 is 10.2 Å². The molecule has 0 fully saturated rings. The van der Waals surface area contributed by atoms with E-state index in [0.29, 0.717) is 6.42 Å². The van der Waals surface area contributed by atoms with Crippen LogP contribution >= 0.6 is 0 Å². The molecule has 0 unspecified atom stereocenters. The van der Waals surface area contributed by atoms with E-state index in [1.165, 1.54) is 167 Å². The summed E-state index contributed by atoms with van der Waals surface area (Å²) in [6, 6.07) is 11.8. The minimum Gasteiger partial charge on any atom is -0.872 e. The maximum Gasteiger partial charge on any atom is 2.00 e. The molecule has 2 nitrogen and oxygen atoms in total. The fourth-order valence-electron chi connectivity index (χ4n) is 7.05. The van der Waals surface area contributed by atoms with Gasteiger partial charge in [0, 0.05) is 0 Å². The second-order valence-electron chi connectivity index (χ2n) is 14.8. The summed E-state index contributed by atoms with van der Waals surface area (Å²) in [4.78, 5) is 0. The van der Waals surface area contributed by atoms with E-state index < -0.39 is 0 Å². The molecule has 2 aromatic carbocycles. The fraction of sp³-hybridized carbons (Fsp3) is 0.733. The molecule has 0 aromatic heterocycles. The van der Waals surface area contributed by atoms with Gasteiger partial charge in [0.1, 0.15) is 0 Å². The zero-order valence-corrected chi connectivity index (χ0v) is 34.1. The van der Waals surface area contributed by atoms with Gasteiger partial charge in [0.2, 0.25) is 0 Å². The van der Waals surface area contributed by atoms with Crippen molar-refractivity contribution in [3.8, 4) is 11.5 Å². The molecule has 0 bridgehead atoms. The quantitative estimate of drug-likeness (QED) is 0.0568. The van der Waals surface area contributed by atoms with E-state index in [0.717, 1.165) is 47.9 Å². The maximum atomic E-state index is 12.8. The molecule has 0 atom stereocenters. The monoisotopic (exact) mass is 687 g/mol. The molecule has 48 heavy (non-hydrogen) atoms. The van der Waals surface area contributed by atoms with Crippen molar-refractivity contribution in [1.82, 2.24) is 0 Å². The van der Waals surface area contributed by atoms with Crippen LogP contribution in [0, 0.1) is 0 Å². The molecule has 0 saturated heterocycles. The van der Waals surface area contributed by atoms with Gasteiger partial charge < -0.3 is 10.2 Å². The molecule has 0 spiro atoms. The van der Waals surface area contributed by atoms with Crippen molar-refractivity contribution in [1.29, 1.82) is 0 Å². The SMILES string of the molecule is CCCCCCCCCCCCCCCCc1ccc(Cc2ccc(CCCCCCCCCCCCCCCC)cc2[O-])c([O-])c1.[Ca+2]. The van der Waals surface area contributed by atoms with Gasteiger partial charge >= 0.3 is 37.7 Å². The van der Waals surface area contributed by atoms with Crippen molar-refractivity contribution in [3.05, 3.63) is 58.7 Å². The predicted octanol–water partition coefficient (Wildman–Crippen LogP) is 13.1. The molecular weight excluding hydrogens is 613 g/mol. The van der Waals surface area contributed by atoms with Gasteiger partial charge in [-0.05, 0) is 43.2 Å². The topological polar surface area (TPSA) is 46.1 Å². The van der Waals surface area contributed by atoms with Crippen LogP contribution in [0.25, 0.3) is 0 Å².